The summed E-state index contributed by atoms with van der Waals surface area (Å²) in [5.41, 5.74) is 5.80. The Bertz CT molecular complexity index is 406. The highest BCUT2D eigenvalue weighted by Crippen LogP contribution is 2.15. The van der Waals surface area contributed by atoms with E-state index in [1.54, 1.807) is 11.3 Å². The van der Waals surface area contributed by atoms with Gasteiger partial charge in [0.15, 0.2) is 0 Å². The van der Waals surface area contributed by atoms with Gasteiger partial charge >= 0.3 is 0 Å². The molecule has 4 nitrogen and oxygen atoms in total. The Labute approximate surface area is 143 Å². The number of carbonyl (C=O) groups is 1. The maximum atomic E-state index is 12.2. The molecule has 1 aromatic rings. The van der Waals surface area contributed by atoms with Crippen LogP contribution in [0.5, 0.6) is 0 Å². The molecule has 2 N–H and O–H groups in total. The molecule has 2 rings (SSSR count). The average Bonchev–Trinajstić information content (AvgIpc) is 2.90. The highest BCUT2D eigenvalue weighted by atomic mass is 35.5. The van der Waals surface area contributed by atoms with Gasteiger partial charge in [-0.15, -0.1) is 36.2 Å². The van der Waals surface area contributed by atoms with Crippen LogP contribution in [0.15, 0.2) is 17.5 Å². The molecule has 21 heavy (non-hydrogen) atoms. The third-order valence-corrected chi connectivity index (χ3v) is 4.68. The topological polar surface area (TPSA) is 49.6 Å². The van der Waals surface area contributed by atoms with Crippen molar-refractivity contribution in [1.29, 1.82) is 0 Å². The second kappa shape index (κ2) is 9.64. The summed E-state index contributed by atoms with van der Waals surface area (Å²) in [6.45, 7) is 8.37. The summed E-state index contributed by atoms with van der Waals surface area (Å²) in [6, 6.07) is 4.18. The van der Waals surface area contributed by atoms with Gasteiger partial charge in [0.2, 0.25) is 5.91 Å². The van der Waals surface area contributed by atoms with Crippen LogP contribution in [0.25, 0.3) is 0 Å². The summed E-state index contributed by atoms with van der Waals surface area (Å²) in [7, 11) is 0. The molecule has 1 saturated heterocycles. The summed E-state index contributed by atoms with van der Waals surface area (Å²) in [6.07, 6.45) is 0. The lowest BCUT2D eigenvalue weighted by Gasteiger charge is -2.36. The summed E-state index contributed by atoms with van der Waals surface area (Å²) < 4.78 is 0. The van der Waals surface area contributed by atoms with E-state index >= 15 is 0 Å². The number of hydrogen-bond donors (Lipinski definition) is 1. The summed E-state index contributed by atoms with van der Waals surface area (Å²) in [5.74, 6) is 0.120. The van der Waals surface area contributed by atoms with E-state index < -0.39 is 0 Å². The van der Waals surface area contributed by atoms with Crippen molar-refractivity contribution in [1.82, 2.24) is 9.80 Å². The molecule has 0 saturated carbocycles. The smallest absolute Gasteiger partial charge is 0.227 e. The van der Waals surface area contributed by atoms with Crippen LogP contribution < -0.4 is 5.73 Å². The summed E-state index contributed by atoms with van der Waals surface area (Å²) >= 11 is 1.79. The van der Waals surface area contributed by atoms with Crippen molar-refractivity contribution >= 4 is 42.1 Å². The number of amides is 1. The molecule has 2 heterocycles. The minimum absolute atomic E-state index is 0. The number of nitrogens with two attached hydrogens (primary N) is 1. The van der Waals surface area contributed by atoms with E-state index in [1.165, 1.54) is 4.88 Å². The van der Waals surface area contributed by atoms with Crippen LogP contribution in [0.4, 0.5) is 0 Å². The molecule has 2 unspecified atom stereocenters. The number of thiophene rings is 1. The van der Waals surface area contributed by atoms with Crippen molar-refractivity contribution in [3.05, 3.63) is 22.4 Å². The van der Waals surface area contributed by atoms with Crippen molar-refractivity contribution in [2.45, 2.75) is 26.4 Å². The number of rotatable bonds is 4. The molecule has 0 radical (unpaired) electrons. The Kier molecular flexibility index (Phi) is 9.49. The Morgan fingerprint density at radius 3 is 2.38 bits per heavy atom. The molecular formula is C14H25Cl2N3OS. The molecule has 0 spiro atoms. The number of piperazine rings is 1. The Balaban J connectivity index is 0.00000200. The maximum absolute atomic E-state index is 12.2. The lowest BCUT2D eigenvalue weighted by molar-refractivity contribution is -0.137. The molecule has 2 atom stereocenters. The van der Waals surface area contributed by atoms with Gasteiger partial charge in [-0.1, -0.05) is 13.0 Å². The summed E-state index contributed by atoms with van der Waals surface area (Å²) in [5, 5.41) is 2.11. The lowest BCUT2D eigenvalue weighted by Crippen LogP contribution is -2.51. The fourth-order valence-electron chi connectivity index (χ4n) is 2.26. The van der Waals surface area contributed by atoms with Crippen LogP contribution in [0, 0.1) is 5.92 Å². The van der Waals surface area contributed by atoms with Gasteiger partial charge in [0.25, 0.3) is 0 Å². The fourth-order valence-corrected chi connectivity index (χ4v) is 3.01. The van der Waals surface area contributed by atoms with Crippen LogP contribution >= 0.6 is 36.2 Å². The van der Waals surface area contributed by atoms with Crippen molar-refractivity contribution in [2.24, 2.45) is 11.7 Å². The third-order valence-electron chi connectivity index (χ3n) is 3.82. The zero-order valence-corrected chi connectivity index (χ0v) is 15.0. The first-order chi connectivity index (χ1) is 9.08. The van der Waals surface area contributed by atoms with Crippen LogP contribution in [0.3, 0.4) is 0 Å². The van der Waals surface area contributed by atoms with Gasteiger partial charge < -0.3 is 10.6 Å². The quantitative estimate of drug-likeness (QED) is 0.902. The highest BCUT2D eigenvalue weighted by Gasteiger charge is 2.26. The molecule has 1 aromatic heterocycles. The number of halogens is 2. The molecule has 0 bridgehead atoms. The molecule has 1 fully saturated rings. The van der Waals surface area contributed by atoms with Gasteiger partial charge in [0.1, 0.15) is 0 Å². The molecule has 7 heteroatoms. The summed E-state index contributed by atoms with van der Waals surface area (Å²) in [4.78, 5) is 18.0. The van der Waals surface area contributed by atoms with Crippen molar-refractivity contribution in [3.8, 4) is 0 Å². The predicted molar refractivity (Wildman–Crippen MR) is 93.5 cm³/mol. The molecule has 1 aliphatic rings. The largest absolute Gasteiger partial charge is 0.340 e. The minimum atomic E-state index is -0.0798. The lowest BCUT2D eigenvalue weighted by atomic mass is 10.0. The average molecular weight is 354 g/mol. The van der Waals surface area contributed by atoms with E-state index in [1.807, 2.05) is 18.7 Å². The van der Waals surface area contributed by atoms with Gasteiger partial charge in [-0.25, -0.2) is 0 Å². The Morgan fingerprint density at radius 1 is 1.29 bits per heavy atom. The number of nitrogens with zero attached hydrogens (tertiary/aromatic N) is 2. The van der Waals surface area contributed by atoms with E-state index in [2.05, 4.69) is 22.4 Å². The van der Waals surface area contributed by atoms with Crippen LogP contribution in [-0.2, 0) is 11.3 Å². The van der Waals surface area contributed by atoms with E-state index in [0.29, 0.717) is 0 Å². The van der Waals surface area contributed by atoms with Gasteiger partial charge in [-0.05, 0) is 18.4 Å². The number of hydrogen-bond acceptors (Lipinski definition) is 4. The van der Waals surface area contributed by atoms with Crippen LogP contribution in [-0.4, -0.2) is 47.9 Å². The first kappa shape index (κ1) is 20.7. The van der Waals surface area contributed by atoms with Crippen molar-refractivity contribution in [3.63, 3.8) is 0 Å². The van der Waals surface area contributed by atoms with Gasteiger partial charge in [0, 0.05) is 43.6 Å². The first-order valence-corrected chi connectivity index (χ1v) is 7.75. The Morgan fingerprint density at radius 2 is 1.90 bits per heavy atom. The fraction of sp³-hybridized carbons (Fsp3) is 0.643. The second-order valence-corrected chi connectivity index (χ2v) is 6.36. The number of carbonyl (C=O) groups excluding carboxylic acids is 1. The van der Waals surface area contributed by atoms with Crippen molar-refractivity contribution in [2.75, 3.05) is 26.2 Å². The molecular weight excluding hydrogens is 329 g/mol. The SMILES string of the molecule is CC(N)C(C)C(=O)N1CCN(Cc2cccs2)CC1.Cl.Cl. The van der Waals surface area contributed by atoms with E-state index in [9.17, 15) is 4.79 Å². The Hall–Kier alpha value is -0.330. The second-order valence-electron chi connectivity index (χ2n) is 5.33. The first-order valence-electron chi connectivity index (χ1n) is 6.87. The molecule has 122 valence electrons. The standard InChI is InChI=1S/C14H23N3OS.2ClH/c1-11(12(2)15)14(18)17-7-5-16(6-8-17)10-13-4-3-9-19-13;;/h3-4,9,11-12H,5-8,10,15H2,1-2H3;2*1H. The van der Waals surface area contributed by atoms with Crippen molar-refractivity contribution < 1.29 is 4.79 Å². The molecule has 0 aromatic carbocycles. The van der Waals surface area contributed by atoms with Gasteiger partial charge in [0.05, 0.1) is 5.92 Å². The van der Waals surface area contributed by atoms with Gasteiger partial charge in [-0.3, -0.25) is 9.69 Å². The van der Waals surface area contributed by atoms with E-state index in [-0.39, 0.29) is 42.7 Å². The van der Waals surface area contributed by atoms with Crippen LogP contribution in [0.2, 0.25) is 0 Å². The maximum Gasteiger partial charge on any atom is 0.227 e. The normalized spacial score (nSPS) is 18.3. The van der Waals surface area contributed by atoms with Gasteiger partial charge in [-0.2, -0.15) is 0 Å². The third kappa shape index (κ3) is 5.75. The minimum Gasteiger partial charge on any atom is -0.340 e. The predicted octanol–water partition coefficient (Wildman–Crippen LogP) is 2.22. The van der Waals surface area contributed by atoms with E-state index in [0.717, 1.165) is 32.7 Å². The van der Waals surface area contributed by atoms with E-state index in [4.69, 9.17) is 5.73 Å². The highest BCUT2D eigenvalue weighted by molar-refractivity contribution is 7.09. The zero-order chi connectivity index (χ0) is 13.8. The molecule has 1 amide bonds. The molecule has 1 aliphatic heterocycles. The van der Waals surface area contributed by atoms with Crippen LogP contribution in [0.1, 0.15) is 18.7 Å². The monoisotopic (exact) mass is 353 g/mol. The zero-order valence-electron chi connectivity index (χ0n) is 12.5. The molecule has 0 aliphatic carbocycles.